The van der Waals surface area contributed by atoms with Crippen molar-refractivity contribution >= 4 is 33.7 Å². The van der Waals surface area contributed by atoms with Gasteiger partial charge in [-0.3, -0.25) is 0 Å². The van der Waals surface area contributed by atoms with Gasteiger partial charge >= 0.3 is 0 Å². The maximum absolute atomic E-state index is 2.62. The number of hydrogen-bond donors (Lipinski definition) is 0. The Bertz CT molecular complexity index is 1090. The molecule has 0 amide bonds. The monoisotopic (exact) mass is 340 g/mol. The second-order valence-electron chi connectivity index (χ2n) is 7.79. The molecule has 132 valence electrons. The molecule has 4 unspecified atom stereocenters. The van der Waals surface area contributed by atoms with E-state index in [-0.39, 0.29) is 0 Å². The smallest absolute Gasteiger partial charge is 0.00683 e. The van der Waals surface area contributed by atoms with Crippen molar-refractivity contribution in [1.29, 1.82) is 0 Å². The molecular weight excluding hydrogens is 312 g/mol. The van der Waals surface area contributed by atoms with E-state index in [9.17, 15) is 0 Å². The molecule has 0 saturated heterocycles. The van der Waals surface area contributed by atoms with E-state index in [4.69, 9.17) is 0 Å². The Morgan fingerprint density at radius 1 is 0.923 bits per heavy atom. The molecule has 0 N–H and O–H groups in total. The lowest BCUT2D eigenvalue weighted by molar-refractivity contribution is 0.536. The molecule has 0 heterocycles. The lowest BCUT2D eigenvalue weighted by Crippen LogP contribution is -2.30. The zero-order chi connectivity index (χ0) is 18.1. The summed E-state index contributed by atoms with van der Waals surface area (Å²) in [7, 11) is 0. The van der Waals surface area contributed by atoms with Crippen LogP contribution in [0.5, 0.6) is 0 Å². The second kappa shape index (κ2) is 5.46. The lowest BCUT2D eigenvalue weighted by atomic mass is 9.74. The highest BCUT2D eigenvalue weighted by Gasteiger charge is 2.68. The first-order chi connectivity index (χ1) is 12.9. The van der Waals surface area contributed by atoms with Gasteiger partial charge in [0.2, 0.25) is 0 Å². The van der Waals surface area contributed by atoms with Crippen LogP contribution in [0.15, 0.2) is 42.5 Å². The largest absolute Gasteiger partial charge is 0.0799 e. The summed E-state index contributed by atoms with van der Waals surface area (Å²) in [5.41, 5.74) is 3.77. The van der Waals surface area contributed by atoms with Crippen molar-refractivity contribution in [1.82, 2.24) is 0 Å². The number of allylic oxidation sites excluding steroid dienone is 1. The van der Waals surface area contributed by atoms with Crippen LogP contribution in [-0.4, -0.2) is 0 Å². The minimum atomic E-state index is 0.522. The van der Waals surface area contributed by atoms with Crippen molar-refractivity contribution in [2.45, 2.75) is 46.0 Å². The highest BCUT2D eigenvalue weighted by atomic mass is 14.7. The van der Waals surface area contributed by atoms with Crippen LogP contribution >= 0.6 is 0 Å². The van der Waals surface area contributed by atoms with Crippen LogP contribution in [0.2, 0.25) is 0 Å². The Balaban J connectivity index is 0.000000354. The van der Waals surface area contributed by atoms with Gasteiger partial charge in [-0.2, -0.15) is 0 Å². The van der Waals surface area contributed by atoms with E-state index >= 15 is 0 Å². The molecule has 0 nitrogen and oxygen atoms in total. The third-order valence-electron chi connectivity index (χ3n) is 6.93. The Morgan fingerprint density at radius 3 is 2.42 bits per heavy atom. The summed E-state index contributed by atoms with van der Waals surface area (Å²) in [6.07, 6.45) is 10.4. The summed E-state index contributed by atoms with van der Waals surface area (Å²) < 4.78 is 0. The molecule has 0 heteroatoms. The fraction of sp³-hybridized carbons (Fsp3) is 0.385. The Morgan fingerprint density at radius 2 is 1.65 bits per heavy atom. The molecule has 26 heavy (non-hydrogen) atoms. The lowest BCUT2D eigenvalue weighted by Gasteiger charge is -2.29. The minimum Gasteiger partial charge on any atom is -0.0799 e. The Kier molecular flexibility index (Phi) is 3.38. The molecular formula is C26H28. The fourth-order valence-electron chi connectivity index (χ4n) is 5.91. The van der Waals surface area contributed by atoms with Crippen LogP contribution in [0.3, 0.4) is 0 Å². The molecule has 1 spiro atoms. The minimum absolute atomic E-state index is 0.522. The first-order valence-electron chi connectivity index (χ1n) is 10.6. The highest BCUT2D eigenvalue weighted by Crippen LogP contribution is 2.72. The molecule has 4 atom stereocenters. The van der Waals surface area contributed by atoms with Crippen molar-refractivity contribution in [2.75, 3.05) is 0 Å². The molecule has 7 rings (SSSR count). The predicted octanol–water partition coefficient (Wildman–Crippen LogP) is 6.48. The summed E-state index contributed by atoms with van der Waals surface area (Å²) in [5, 5.41) is 7.43. The van der Waals surface area contributed by atoms with Gasteiger partial charge < -0.3 is 0 Å². The molecule has 0 bridgehead atoms. The fourth-order valence-corrected chi connectivity index (χ4v) is 5.91. The molecule has 0 aromatic heterocycles. The normalized spacial score (nSPS) is 30.7. The number of fused-ring (bicyclic) bond motifs is 3. The summed E-state index contributed by atoms with van der Waals surface area (Å²) >= 11 is 0. The van der Waals surface area contributed by atoms with Crippen molar-refractivity contribution in [2.24, 2.45) is 17.8 Å². The van der Waals surface area contributed by atoms with E-state index in [1.54, 1.807) is 10.8 Å². The molecule has 4 aliphatic rings. The third-order valence-corrected chi connectivity index (χ3v) is 6.93. The molecule has 2 saturated carbocycles. The zero-order valence-electron chi connectivity index (χ0n) is 16.3. The first kappa shape index (κ1) is 16.1. The van der Waals surface area contributed by atoms with Gasteiger partial charge in [-0.25, -0.2) is 0 Å². The summed E-state index contributed by atoms with van der Waals surface area (Å²) in [6.45, 7) is 8.00. The summed E-state index contributed by atoms with van der Waals surface area (Å²) in [5.74, 6) is 2.63. The molecule has 3 aromatic rings. The van der Waals surface area contributed by atoms with E-state index in [0.717, 1.165) is 17.8 Å². The number of benzene rings is 3. The van der Waals surface area contributed by atoms with E-state index in [1.807, 2.05) is 27.7 Å². The van der Waals surface area contributed by atoms with Gasteiger partial charge in [-0.1, -0.05) is 82.3 Å². The van der Waals surface area contributed by atoms with Gasteiger partial charge in [0.15, 0.2) is 0 Å². The first-order valence-corrected chi connectivity index (χ1v) is 10.6. The molecule has 0 radical (unpaired) electrons. The van der Waals surface area contributed by atoms with E-state index in [2.05, 4.69) is 54.6 Å². The summed E-state index contributed by atoms with van der Waals surface area (Å²) in [4.78, 5) is 0. The van der Waals surface area contributed by atoms with Gasteiger partial charge in [0.1, 0.15) is 0 Å². The van der Waals surface area contributed by atoms with Crippen molar-refractivity contribution in [3.8, 4) is 0 Å². The van der Waals surface area contributed by atoms with Crippen LogP contribution in [0.1, 0.15) is 51.7 Å². The Hall–Kier alpha value is -2.08. The number of hydrogen-bond acceptors (Lipinski definition) is 0. The van der Waals surface area contributed by atoms with Gasteiger partial charge in [-0.05, 0) is 68.5 Å². The van der Waals surface area contributed by atoms with Gasteiger partial charge in [0, 0.05) is 5.41 Å². The molecule has 4 aliphatic carbocycles. The molecule has 0 aliphatic heterocycles. The van der Waals surface area contributed by atoms with Crippen LogP contribution in [0.4, 0.5) is 0 Å². The zero-order valence-corrected chi connectivity index (χ0v) is 16.3. The average molecular weight is 341 g/mol. The van der Waals surface area contributed by atoms with Gasteiger partial charge in [-0.15, -0.1) is 0 Å². The maximum Gasteiger partial charge on any atom is 0.00683 e. The maximum atomic E-state index is 2.62. The van der Waals surface area contributed by atoms with Crippen molar-refractivity contribution in [3.63, 3.8) is 0 Å². The molecule has 3 aromatic carbocycles. The van der Waals surface area contributed by atoms with Crippen LogP contribution in [-0.2, 0) is 5.41 Å². The van der Waals surface area contributed by atoms with Gasteiger partial charge in [0.25, 0.3) is 0 Å². The van der Waals surface area contributed by atoms with Crippen LogP contribution in [0.25, 0.3) is 33.7 Å². The Labute approximate surface area is 156 Å². The van der Waals surface area contributed by atoms with E-state index in [0.29, 0.717) is 5.41 Å². The van der Waals surface area contributed by atoms with Gasteiger partial charge in [0.05, 0.1) is 0 Å². The van der Waals surface area contributed by atoms with E-state index < -0.39 is 0 Å². The van der Waals surface area contributed by atoms with Crippen molar-refractivity contribution < 1.29 is 0 Å². The number of rotatable bonds is 0. The second-order valence-corrected chi connectivity index (χ2v) is 7.79. The molecule has 2 fully saturated rings. The summed E-state index contributed by atoms with van der Waals surface area (Å²) in [6, 6.07) is 13.7. The van der Waals surface area contributed by atoms with Crippen LogP contribution in [0, 0.1) is 17.8 Å². The average Bonchev–Trinajstić information content (AvgIpc) is 3.62. The highest BCUT2D eigenvalue weighted by molar-refractivity contribution is 6.14. The van der Waals surface area contributed by atoms with E-state index in [1.165, 1.54) is 39.9 Å². The third kappa shape index (κ3) is 1.76. The quantitative estimate of drug-likeness (QED) is 0.439. The topological polar surface area (TPSA) is 0 Å². The predicted molar refractivity (Wildman–Crippen MR) is 114 cm³/mol. The SMILES string of the molecule is C1=CC2CC23c2c1c1cccc4cccc(c2=CC2CC23)c41.CC.CC. The van der Waals surface area contributed by atoms with Crippen molar-refractivity contribution in [3.05, 3.63) is 58.8 Å². The van der Waals surface area contributed by atoms with Crippen LogP contribution < -0.4 is 5.22 Å². The standard InChI is InChI=1S/C22H16.2C2H6/c1-3-12-4-2-6-16-18-9-13-10-19(13)22-11-14(22)7-8-17(21(18)22)15(5-1)20(12)16;2*1-2/h1-9,13-14,19H,10-11H2;2*1-2H3.